The first-order valence-electron chi connectivity index (χ1n) is 3.49. The van der Waals surface area contributed by atoms with Gasteiger partial charge in [0.15, 0.2) is 0 Å². The van der Waals surface area contributed by atoms with Gasteiger partial charge in [-0.15, -0.1) is 11.6 Å². The summed E-state index contributed by atoms with van der Waals surface area (Å²) < 4.78 is 4.14. The Morgan fingerprint density at radius 2 is 2.17 bits per heavy atom. The molecule has 12 heavy (non-hydrogen) atoms. The summed E-state index contributed by atoms with van der Waals surface area (Å²) in [5, 5.41) is 0. The van der Waals surface area contributed by atoms with Gasteiger partial charge in [-0.05, 0) is 14.1 Å². The van der Waals surface area contributed by atoms with Gasteiger partial charge in [0, 0.05) is 18.5 Å². The third-order valence-electron chi connectivity index (χ3n) is 0.900. The van der Waals surface area contributed by atoms with Gasteiger partial charge in [-0.2, -0.15) is 0 Å². The number of methoxy groups -OCH3 is 1. The van der Waals surface area contributed by atoms with Crippen molar-refractivity contribution in [2.75, 3.05) is 33.6 Å². The molecule has 0 rings (SSSR count). The van der Waals surface area contributed by atoms with Crippen molar-refractivity contribution in [1.82, 2.24) is 4.90 Å². The van der Waals surface area contributed by atoms with E-state index in [0.717, 1.165) is 18.5 Å². The van der Waals surface area contributed by atoms with Gasteiger partial charge in [-0.25, -0.2) is 4.79 Å². The number of ether oxygens (including phenoxy) is 1. The summed E-state index contributed by atoms with van der Waals surface area (Å²) in [4.78, 5) is 11.9. The fourth-order valence-electron chi connectivity index (χ4n) is 0.252. The maximum atomic E-state index is 9.84. The van der Waals surface area contributed by atoms with Crippen molar-refractivity contribution in [3.63, 3.8) is 0 Å². The molecule has 0 heterocycles. The van der Waals surface area contributed by atoms with Crippen LogP contribution in [0.15, 0.2) is 12.7 Å². The molecule has 0 aromatic heterocycles. The van der Waals surface area contributed by atoms with Gasteiger partial charge in [0.2, 0.25) is 0 Å². The Hall–Kier alpha value is -0.540. The number of carbonyl (C=O) groups is 1. The molecule has 0 aromatic rings. The van der Waals surface area contributed by atoms with E-state index in [1.807, 2.05) is 19.0 Å². The zero-order valence-electron chi connectivity index (χ0n) is 7.84. The number of nitrogens with zero attached hydrogens (tertiary/aromatic N) is 1. The lowest BCUT2D eigenvalue weighted by Crippen LogP contribution is -2.13. The monoisotopic (exact) mass is 193 g/mol. The average molecular weight is 194 g/mol. The molecule has 0 bridgehead atoms. The minimum absolute atomic E-state index is 0.394. The molecule has 0 spiro atoms. The van der Waals surface area contributed by atoms with Crippen LogP contribution < -0.4 is 0 Å². The van der Waals surface area contributed by atoms with Gasteiger partial charge in [0.05, 0.1) is 7.11 Å². The number of esters is 1. The number of rotatable bonds is 3. The van der Waals surface area contributed by atoms with E-state index >= 15 is 0 Å². The first-order chi connectivity index (χ1) is 5.58. The average Bonchev–Trinajstić information content (AvgIpc) is 2.04. The van der Waals surface area contributed by atoms with E-state index in [-0.39, 0.29) is 0 Å². The van der Waals surface area contributed by atoms with Crippen molar-refractivity contribution in [2.24, 2.45) is 0 Å². The molecule has 0 atom stereocenters. The highest BCUT2D eigenvalue weighted by atomic mass is 35.5. The zero-order valence-corrected chi connectivity index (χ0v) is 8.60. The van der Waals surface area contributed by atoms with Crippen LogP contribution >= 0.6 is 11.6 Å². The van der Waals surface area contributed by atoms with Gasteiger partial charge in [-0.1, -0.05) is 6.58 Å². The Bertz CT molecular complexity index is 126. The van der Waals surface area contributed by atoms with Gasteiger partial charge in [0.1, 0.15) is 0 Å². The van der Waals surface area contributed by atoms with Crippen LogP contribution in [0.5, 0.6) is 0 Å². The molecule has 0 fully saturated rings. The minimum atomic E-state index is -0.394. The maximum absolute atomic E-state index is 9.84. The third-order valence-corrected chi connectivity index (χ3v) is 1.07. The molecule has 0 aliphatic heterocycles. The molecular formula is C8H16ClNO2. The van der Waals surface area contributed by atoms with Crippen LogP contribution in [-0.4, -0.2) is 44.5 Å². The van der Waals surface area contributed by atoms with Crippen molar-refractivity contribution >= 4 is 17.6 Å². The van der Waals surface area contributed by atoms with Gasteiger partial charge in [0.25, 0.3) is 0 Å². The fourth-order valence-corrected chi connectivity index (χ4v) is 0.590. The first-order valence-corrected chi connectivity index (χ1v) is 4.03. The summed E-state index contributed by atoms with van der Waals surface area (Å²) in [5.41, 5.74) is 0. The minimum Gasteiger partial charge on any atom is -0.466 e. The van der Waals surface area contributed by atoms with Crippen LogP contribution in [0.1, 0.15) is 0 Å². The summed E-state index contributed by atoms with van der Waals surface area (Å²) in [7, 11) is 5.31. The van der Waals surface area contributed by atoms with E-state index < -0.39 is 5.97 Å². The molecular weight excluding hydrogens is 178 g/mol. The predicted octanol–water partition coefficient (Wildman–Crippen LogP) is 1.13. The van der Waals surface area contributed by atoms with Crippen LogP contribution in [0.2, 0.25) is 0 Å². The third kappa shape index (κ3) is 16.2. The molecule has 4 heteroatoms. The molecule has 0 aliphatic rings. The van der Waals surface area contributed by atoms with Crippen molar-refractivity contribution in [1.29, 1.82) is 0 Å². The number of alkyl halides is 1. The summed E-state index contributed by atoms with van der Waals surface area (Å²) in [6.45, 7) is 4.13. The van der Waals surface area contributed by atoms with E-state index in [1.54, 1.807) is 0 Å². The Labute approximate surface area is 78.9 Å². The van der Waals surface area contributed by atoms with Crippen LogP contribution in [0.4, 0.5) is 0 Å². The van der Waals surface area contributed by atoms with Crippen LogP contribution in [0.25, 0.3) is 0 Å². The molecule has 0 aromatic carbocycles. The lowest BCUT2D eigenvalue weighted by molar-refractivity contribution is -0.134. The topological polar surface area (TPSA) is 29.5 Å². The molecule has 0 aliphatic carbocycles. The summed E-state index contributed by atoms with van der Waals surface area (Å²) in [6.07, 6.45) is 1.11. The van der Waals surface area contributed by atoms with Crippen LogP contribution in [0.3, 0.4) is 0 Å². The fraction of sp³-hybridized carbons (Fsp3) is 0.625. The lowest BCUT2D eigenvalue weighted by Gasteiger charge is -2.02. The van der Waals surface area contributed by atoms with E-state index in [4.69, 9.17) is 11.6 Å². The number of hydrogen-bond donors (Lipinski definition) is 0. The first kappa shape index (κ1) is 14.0. The van der Waals surface area contributed by atoms with Crippen molar-refractivity contribution in [3.8, 4) is 0 Å². The summed E-state index contributed by atoms with van der Waals surface area (Å²) in [5.74, 6) is 0.336. The largest absolute Gasteiger partial charge is 0.466 e. The van der Waals surface area contributed by atoms with Crippen molar-refractivity contribution < 1.29 is 9.53 Å². The molecule has 0 saturated carbocycles. The quantitative estimate of drug-likeness (QED) is 0.383. The van der Waals surface area contributed by atoms with Gasteiger partial charge in [-0.3, -0.25) is 0 Å². The number of halogens is 1. The van der Waals surface area contributed by atoms with Crippen LogP contribution in [0, 0.1) is 0 Å². The molecule has 0 radical (unpaired) electrons. The summed E-state index contributed by atoms with van der Waals surface area (Å²) in [6, 6.07) is 0. The Morgan fingerprint density at radius 3 is 2.17 bits per heavy atom. The SMILES string of the molecule is C=CC(=O)OC.CN(C)CCCl. The highest BCUT2D eigenvalue weighted by Crippen LogP contribution is 1.75. The van der Waals surface area contributed by atoms with E-state index in [0.29, 0.717) is 0 Å². The molecule has 0 saturated heterocycles. The maximum Gasteiger partial charge on any atom is 0.329 e. The second-order valence-corrected chi connectivity index (χ2v) is 2.60. The van der Waals surface area contributed by atoms with Gasteiger partial charge < -0.3 is 9.64 Å². The second kappa shape index (κ2) is 10.5. The molecule has 0 unspecified atom stereocenters. The van der Waals surface area contributed by atoms with Crippen molar-refractivity contribution in [3.05, 3.63) is 12.7 Å². The van der Waals surface area contributed by atoms with E-state index in [2.05, 4.69) is 11.3 Å². The smallest absolute Gasteiger partial charge is 0.329 e. The van der Waals surface area contributed by atoms with Gasteiger partial charge >= 0.3 is 5.97 Å². The number of carbonyl (C=O) groups excluding carboxylic acids is 1. The summed E-state index contributed by atoms with van der Waals surface area (Å²) >= 11 is 5.35. The molecule has 0 amide bonds. The lowest BCUT2D eigenvalue weighted by atomic mass is 10.7. The molecule has 3 nitrogen and oxygen atoms in total. The molecule has 72 valence electrons. The Balaban J connectivity index is 0. The van der Waals surface area contributed by atoms with Crippen molar-refractivity contribution in [2.45, 2.75) is 0 Å². The highest BCUT2D eigenvalue weighted by Gasteiger charge is 1.82. The zero-order chi connectivity index (χ0) is 9.98. The standard InChI is InChI=1S/C4H10ClN.C4H6O2/c1-6(2)4-3-5;1-3-4(5)6-2/h3-4H2,1-2H3;3H,1H2,2H3. The highest BCUT2D eigenvalue weighted by molar-refractivity contribution is 6.18. The van der Waals surface area contributed by atoms with Crippen LogP contribution in [-0.2, 0) is 9.53 Å². The molecule has 0 N–H and O–H groups in total. The number of hydrogen-bond acceptors (Lipinski definition) is 3. The van der Waals surface area contributed by atoms with E-state index in [9.17, 15) is 4.79 Å². The van der Waals surface area contributed by atoms with E-state index in [1.165, 1.54) is 7.11 Å². The normalized spacial score (nSPS) is 8.42. The Kier molecular flexibility index (Phi) is 12.2. The predicted molar refractivity (Wildman–Crippen MR) is 51.5 cm³/mol. The second-order valence-electron chi connectivity index (χ2n) is 2.22. The Morgan fingerprint density at radius 1 is 1.67 bits per heavy atom.